The molecule has 0 aromatic carbocycles. The number of hydrogen-bond acceptors (Lipinski definition) is 3. The predicted molar refractivity (Wildman–Crippen MR) is 77.0 cm³/mol. The molecule has 3 heteroatoms. The maximum atomic E-state index is 4.94. The van der Waals surface area contributed by atoms with Gasteiger partial charge in [0.2, 0.25) is 0 Å². The van der Waals surface area contributed by atoms with Crippen molar-refractivity contribution in [3.8, 4) is 0 Å². The summed E-state index contributed by atoms with van der Waals surface area (Å²) in [6.45, 7) is 8.73. The summed E-state index contributed by atoms with van der Waals surface area (Å²) in [4.78, 5) is 9.81. The summed E-state index contributed by atoms with van der Waals surface area (Å²) in [5.41, 5.74) is 3.90. The van der Waals surface area contributed by atoms with Crippen LogP contribution in [-0.4, -0.2) is 9.97 Å². The highest BCUT2D eigenvalue weighted by atomic mass is 15.0. The van der Waals surface area contributed by atoms with Crippen molar-refractivity contribution in [1.82, 2.24) is 15.3 Å². The van der Waals surface area contributed by atoms with E-state index in [1.807, 2.05) is 0 Å². The second kappa shape index (κ2) is 5.20. The van der Waals surface area contributed by atoms with E-state index in [9.17, 15) is 0 Å². The summed E-state index contributed by atoms with van der Waals surface area (Å²) in [7, 11) is 0. The van der Waals surface area contributed by atoms with Crippen LogP contribution < -0.4 is 5.32 Å². The van der Waals surface area contributed by atoms with Gasteiger partial charge in [-0.15, -0.1) is 0 Å². The van der Waals surface area contributed by atoms with Gasteiger partial charge < -0.3 is 5.32 Å². The van der Waals surface area contributed by atoms with E-state index >= 15 is 0 Å². The Bertz CT molecular complexity index is 459. The summed E-state index contributed by atoms with van der Waals surface area (Å²) < 4.78 is 0. The number of nitrogens with one attached hydrogen (secondary N) is 1. The van der Waals surface area contributed by atoms with E-state index in [1.54, 1.807) is 0 Å². The molecule has 1 aliphatic carbocycles. The first kappa shape index (κ1) is 13.0. The first-order valence-electron chi connectivity index (χ1n) is 7.75. The Morgan fingerprint density at radius 2 is 1.79 bits per heavy atom. The highest BCUT2D eigenvalue weighted by molar-refractivity contribution is 5.31. The molecule has 104 valence electrons. The van der Waals surface area contributed by atoms with Gasteiger partial charge in [-0.25, -0.2) is 9.97 Å². The van der Waals surface area contributed by atoms with Crippen LogP contribution in [0, 0.1) is 5.92 Å². The zero-order valence-electron chi connectivity index (χ0n) is 12.4. The topological polar surface area (TPSA) is 37.8 Å². The molecule has 0 radical (unpaired) electrons. The molecular weight excluding hydrogens is 234 g/mol. The number of aromatic nitrogens is 2. The largest absolute Gasteiger partial charge is 0.307 e. The van der Waals surface area contributed by atoms with Crippen molar-refractivity contribution < 1.29 is 0 Å². The van der Waals surface area contributed by atoms with E-state index in [2.05, 4.69) is 26.1 Å². The lowest BCUT2D eigenvalue weighted by Crippen LogP contribution is -2.16. The maximum absolute atomic E-state index is 4.94. The van der Waals surface area contributed by atoms with Crippen LogP contribution >= 0.6 is 0 Å². The monoisotopic (exact) mass is 259 g/mol. The Hall–Kier alpha value is -0.960. The van der Waals surface area contributed by atoms with Crippen molar-refractivity contribution in [3.63, 3.8) is 0 Å². The van der Waals surface area contributed by atoms with Crippen LogP contribution in [0.15, 0.2) is 0 Å². The zero-order valence-corrected chi connectivity index (χ0v) is 12.4. The van der Waals surface area contributed by atoms with Gasteiger partial charge in [-0.2, -0.15) is 0 Å². The third-order valence-corrected chi connectivity index (χ3v) is 4.66. The summed E-state index contributed by atoms with van der Waals surface area (Å²) in [6, 6.07) is 0. The molecule has 0 atom stereocenters. The average Bonchev–Trinajstić information content (AvgIpc) is 2.86. The van der Waals surface area contributed by atoms with Crippen molar-refractivity contribution >= 4 is 0 Å². The Labute approximate surface area is 116 Å². The van der Waals surface area contributed by atoms with Crippen molar-refractivity contribution in [3.05, 3.63) is 22.8 Å². The lowest BCUT2D eigenvalue weighted by atomic mass is 9.82. The Morgan fingerprint density at radius 3 is 2.47 bits per heavy atom. The first-order valence-corrected chi connectivity index (χ1v) is 7.75. The van der Waals surface area contributed by atoms with Gasteiger partial charge in [-0.05, 0) is 24.7 Å². The van der Waals surface area contributed by atoms with E-state index in [0.29, 0.717) is 11.8 Å². The highest BCUT2D eigenvalue weighted by Crippen LogP contribution is 2.35. The second-order valence-electron chi connectivity index (χ2n) is 6.61. The molecule has 1 fully saturated rings. The normalized spacial score (nSPS) is 26.7. The van der Waals surface area contributed by atoms with Gasteiger partial charge in [-0.3, -0.25) is 0 Å². The third-order valence-electron chi connectivity index (χ3n) is 4.66. The molecule has 3 nitrogen and oxygen atoms in total. The van der Waals surface area contributed by atoms with Crippen LogP contribution in [-0.2, 0) is 13.1 Å². The molecule has 2 heterocycles. The summed E-state index contributed by atoms with van der Waals surface area (Å²) in [5.74, 6) is 3.10. The number of fused-ring (bicyclic) bond motifs is 1. The van der Waals surface area contributed by atoms with Crippen LogP contribution in [0.3, 0.4) is 0 Å². The van der Waals surface area contributed by atoms with Gasteiger partial charge in [0, 0.05) is 24.6 Å². The molecule has 1 aromatic rings. The van der Waals surface area contributed by atoms with Crippen LogP contribution in [0.25, 0.3) is 0 Å². The summed E-state index contributed by atoms with van der Waals surface area (Å²) >= 11 is 0. The lowest BCUT2D eigenvalue weighted by molar-refractivity contribution is 0.338. The molecule has 1 aliphatic heterocycles. The van der Waals surface area contributed by atoms with E-state index in [0.717, 1.165) is 24.8 Å². The molecule has 3 rings (SSSR count). The minimum absolute atomic E-state index is 0.498. The first-order chi connectivity index (χ1) is 9.15. The number of rotatable bonds is 2. The molecule has 1 aromatic heterocycles. The van der Waals surface area contributed by atoms with Crippen LogP contribution in [0.5, 0.6) is 0 Å². The van der Waals surface area contributed by atoms with Gasteiger partial charge >= 0.3 is 0 Å². The minimum Gasteiger partial charge on any atom is -0.307 e. The van der Waals surface area contributed by atoms with Crippen molar-refractivity contribution in [2.75, 3.05) is 0 Å². The Kier molecular flexibility index (Phi) is 3.57. The molecule has 2 aliphatic rings. The van der Waals surface area contributed by atoms with Gasteiger partial charge in [0.25, 0.3) is 0 Å². The average molecular weight is 259 g/mol. The van der Waals surface area contributed by atoms with Crippen LogP contribution in [0.1, 0.15) is 81.1 Å². The van der Waals surface area contributed by atoms with E-state index in [-0.39, 0.29) is 0 Å². The summed E-state index contributed by atoms with van der Waals surface area (Å²) in [6.07, 6.45) is 5.20. The number of nitrogens with zero attached hydrogens (tertiary/aromatic N) is 2. The zero-order chi connectivity index (χ0) is 13.4. The molecule has 19 heavy (non-hydrogen) atoms. The van der Waals surface area contributed by atoms with Crippen LogP contribution in [0.4, 0.5) is 0 Å². The summed E-state index contributed by atoms with van der Waals surface area (Å²) in [5, 5.41) is 3.42. The van der Waals surface area contributed by atoms with Crippen molar-refractivity contribution in [2.24, 2.45) is 5.92 Å². The molecular formula is C16H25N3. The smallest absolute Gasteiger partial charge is 0.132 e. The molecule has 0 bridgehead atoms. The highest BCUT2D eigenvalue weighted by Gasteiger charge is 2.26. The van der Waals surface area contributed by atoms with Gasteiger partial charge in [0.15, 0.2) is 0 Å². The SMILES string of the molecule is CC1CCC(c2nc3c(c(C(C)C)n2)CNC3)CC1. The molecule has 1 saturated carbocycles. The van der Waals surface area contributed by atoms with E-state index in [4.69, 9.17) is 9.97 Å². The molecule has 0 spiro atoms. The second-order valence-corrected chi connectivity index (χ2v) is 6.61. The standard InChI is InChI=1S/C16H25N3/c1-10(2)15-13-8-17-9-14(13)18-16(19-15)12-6-4-11(3)5-7-12/h10-12,17H,4-9H2,1-3H3. The Morgan fingerprint density at radius 1 is 1.05 bits per heavy atom. The fourth-order valence-corrected chi connectivity index (χ4v) is 3.39. The van der Waals surface area contributed by atoms with Gasteiger partial charge in [-0.1, -0.05) is 33.6 Å². The fraction of sp³-hybridized carbons (Fsp3) is 0.750. The lowest BCUT2D eigenvalue weighted by Gasteiger charge is -2.26. The maximum Gasteiger partial charge on any atom is 0.132 e. The predicted octanol–water partition coefficient (Wildman–Crippen LogP) is 3.50. The molecule has 0 unspecified atom stereocenters. The van der Waals surface area contributed by atoms with Crippen molar-refractivity contribution in [2.45, 2.75) is 71.4 Å². The quantitative estimate of drug-likeness (QED) is 0.883. The molecule has 1 N–H and O–H groups in total. The van der Waals surface area contributed by atoms with E-state index in [1.165, 1.54) is 42.6 Å². The third kappa shape index (κ3) is 2.53. The van der Waals surface area contributed by atoms with Crippen molar-refractivity contribution in [1.29, 1.82) is 0 Å². The minimum atomic E-state index is 0.498. The van der Waals surface area contributed by atoms with Gasteiger partial charge in [0.05, 0.1) is 11.4 Å². The Balaban J connectivity index is 1.92. The van der Waals surface area contributed by atoms with E-state index < -0.39 is 0 Å². The van der Waals surface area contributed by atoms with Gasteiger partial charge in [0.1, 0.15) is 5.82 Å². The number of hydrogen-bond donors (Lipinski definition) is 1. The molecule has 0 amide bonds. The molecule has 0 saturated heterocycles. The van der Waals surface area contributed by atoms with Crippen LogP contribution in [0.2, 0.25) is 0 Å². The fourth-order valence-electron chi connectivity index (χ4n) is 3.39.